The summed E-state index contributed by atoms with van der Waals surface area (Å²) in [4.78, 5) is 12.2. The van der Waals surface area contributed by atoms with Gasteiger partial charge < -0.3 is 0 Å². The van der Waals surface area contributed by atoms with Gasteiger partial charge in [-0.3, -0.25) is 9.52 Å². The minimum atomic E-state index is -3.35. The van der Waals surface area contributed by atoms with E-state index in [-0.39, 0.29) is 23.0 Å². The summed E-state index contributed by atoms with van der Waals surface area (Å²) in [5.41, 5.74) is 0.781. The zero-order valence-corrected chi connectivity index (χ0v) is 13.2. The molecular weight excluding hydrogens is 314 g/mol. The van der Waals surface area contributed by atoms with Crippen molar-refractivity contribution in [3.05, 3.63) is 29.8 Å². The van der Waals surface area contributed by atoms with Gasteiger partial charge in [0.15, 0.2) is 15.6 Å². The first-order chi connectivity index (χ1) is 9.72. The first-order valence-electron chi connectivity index (χ1n) is 6.57. The third-order valence-corrected chi connectivity index (χ3v) is 6.50. The second kappa shape index (κ2) is 5.76. The maximum Gasteiger partial charge on any atom is 0.232 e. The average Bonchev–Trinajstić information content (AvgIpc) is 2.79. The Balaban J connectivity index is 2.11. The quantitative estimate of drug-likeness (QED) is 0.814. The fraction of sp³-hybridized carbons (Fsp3) is 0.462. The molecule has 21 heavy (non-hydrogen) atoms. The topological polar surface area (TPSA) is 97.4 Å². The predicted octanol–water partition coefficient (Wildman–Crippen LogP) is 1.07. The number of sulfonamides is 1. The number of rotatable bonds is 5. The van der Waals surface area contributed by atoms with Crippen LogP contribution >= 0.6 is 0 Å². The van der Waals surface area contributed by atoms with E-state index in [1.807, 2.05) is 0 Å². The Kier molecular flexibility index (Phi) is 4.38. The molecule has 0 aliphatic carbocycles. The maximum absolute atomic E-state index is 12.2. The molecule has 8 heteroatoms. The van der Waals surface area contributed by atoms with Crippen LogP contribution in [0.4, 0.5) is 5.69 Å². The molecule has 0 saturated carbocycles. The Morgan fingerprint density at radius 2 is 1.90 bits per heavy atom. The number of carbonyl (C=O) groups is 1. The first kappa shape index (κ1) is 16.0. The fourth-order valence-corrected chi connectivity index (χ4v) is 4.57. The number of anilines is 1. The Morgan fingerprint density at radius 1 is 1.29 bits per heavy atom. The van der Waals surface area contributed by atoms with Crippen LogP contribution in [0.25, 0.3) is 0 Å². The standard InChI is InChI=1S/C13H17NO5S2/c1-2-21(18,19)14-12-5-3-10(4-6-12)13(15)11-7-8-20(16,17)9-11/h3-6,11,14H,2,7-9H2,1H3. The highest BCUT2D eigenvalue weighted by Gasteiger charge is 2.33. The van der Waals surface area contributed by atoms with Crippen LogP contribution in [0.2, 0.25) is 0 Å². The van der Waals surface area contributed by atoms with Crippen molar-refractivity contribution in [3.63, 3.8) is 0 Å². The van der Waals surface area contributed by atoms with E-state index in [4.69, 9.17) is 0 Å². The van der Waals surface area contributed by atoms with Crippen LogP contribution in [0.1, 0.15) is 23.7 Å². The van der Waals surface area contributed by atoms with Crippen LogP contribution in [-0.4, -0.2) is 39.9 Å². The molecule has 1 aliphatic heterocycles. The van der Waals surface area contributed by atoms with Gasteiger partial charge in [-0.05, 0) is 37.6 Å². The van der Waals surface area contributed by atoms with Crippen LogP contribution in [0.3, 0.4) is 0 Å². The zero-order chi connectivity index (χ0) is 15.7. The molecule has 1 N–H and O–H groups in total. The molecule has 0 bridgehead atoms. The summed E-state index contributed by atoms with van der Waals surface area (Å²) in [6, 6.07) is 6.04. The van der Waals surface area contributed by atoms with E-state index in [9.17, 15) is 21.6 Å². The number of ketones is 1. The molecule has 0 amide bonds. The third kappa shape index (κ3) is 4.04. The number of sulfone groups is 1. The lowest BCUT2D eigenvalue weighted by molar-refractivity contribution is 0.0933. The highest BCUT2D eigenvalue weighted by Crippen LogP contribution is 2.23. The van der Waals surface area contributed by atoms with E-state index < -0.39 is 25.8 Å². The van der Waals surface area contributed by atoms with Gasteiger partial charge >= 0.3 is 0 Å². The fourth-order valence-electron chi connectivity index (χ4n) is 2.19. The van der Waals surface area contributed by atoms with Crippen LogP contribution in [0.15, 0.2) is 24.3 Å². The monoisotopic (exact) mass is 331 g/mol. The molecule has 1 heterocycles. The molecule has 0 radical (unpaired) electrons. The minimum Gasteiger partial charge on any atom is -0.294 e. The molecular formula is C13H17NO5S2. The van der Waals surface area contributed by atoms with E-state index in [1.54, 1.807) is 0 Å². The van der Waals surface area contributed by atoms with Crippen molar-refractivity contribution in [2.75, 3.05) is 22.0 Å². The van der Waals surface area contributed by atoms with Gasteiger partial charge in [-0.15, -0.1) is 0 Å². The highest BCUT2D eigenvalue weighted by atomic mass is 32.2. The van der Waals surface area contributed by atoms with Crippen molar-refractivity contribution in [2.45, 2.75) is 13.3 Å². The normalized spacial score (nSPS) is 21.1. The van der Waals surface area contributed by atoms with Gasteiger partial charge in [-0.25, -0.2) is 16.8 Å². The molecule has 0 spiro atoms. The Labute approximate surface area is 124 Å². The molecule has 1 saturated heterocycles. The largest absolute Gasteiger partial charge is 0.294 e. The van der Waals surface area contributed by atoms with Gasteiger partial charge in [0, 0.05) is 17.2 Å². The highest BCUT2D eigenvalue weighted by molar-refractivity contribution is 7.92. The Hall–Kier alpha value is -1.41. The average molecular weight is 331 g/mol. The van der Waals surface area contributed by atoms with Crippen molar-refractivity contribution in [2.24, 2.45) is 5.92 Å². The number of carbonyl (C=O) groups excluding carboxylic acids is 1. The number of nitrogens with one attached hydrogen (secondary N) is 1. The van der Waals surface area contributed by atoms with Gasteiger partial charge in [0.2, 0.25) is 10.0 Å². The van der Waals surface area contributed by atoms with E-state index in [0.29, 0.717) is 17.7 Å². The lowest BCUT2D eigenvalue weighted by Crippen LogP contribution is -2.17. The van der Waals surface area contributed by atoms with Gasteiger partial charge in [0.05, 0.1) is 17.3 Å². The van der Waals surface area contributed by atoms with E-state index in [1.165, 1.54) is 31.2 Å². The third-order valence-electron chi connectivity index (χ3n) is 3.43. The summed E-state index contributed by atoms with van der Waals surface area (Å²) in [5.74, 6) is -0.782. The Bertz CT molecular complexity index is 735. The SMILES string of the molecule is CCS(=O)(=O)Nc1ccc(C(=O)C2CCS(=O)(=O)C2)cc1. The maximum atomic E-state index is 12.2. The Morgan fingerprint density at radius 3 is 2.38 bits per heavy atom. The molecule has 1 fully saturated rings. The molecule has 1 unspecified atom stereocenters. The number of benzene rings is 1. The second-order valence-corrected chi connectivity index (χ2v) is 9.29. The molecule has 1 aromatic carbocycles. The number of hydrogen-bond donors (Lipinski definition) is 1. The molecule has 1 aromatic rings. The molecule has 116 valence electrons. The summed E-state index contributed by atoms with van der Waals surface area (Å²) < 4.78 is 48.0. The lowest BCUT2D eigenvalue weighted by Gasteiger charge is -2.09. The van der Waals surface area contributed by atoms with Crippen LogP contribution in [0, 0.1) is 5.92 Å². The summed E-state index contributed by atoms with van der Waals surface area (Å²) in [6.07, 6.45) is 0.353. The second-order valence-electron chi connectivity index (χ2n) is 5.05. The van der Waals surface area contributed by atoms with Crippen molar-refractivity contribution < 1.29 is 21.6 Å². The van der Waals surface area contributed by atoms with Crippen molar-refractivity contribution >= 4 is 31.3 Å². The number of hydrogen-bond acceptors (Lipinski definition) is 5. The van der Waals surface area contributed by atoms with E-state index in [0.717, 1.165) is 0 Å². The minimum absolute atomic E-state index is 0.0341. The molecule has 0 aromatic heterocycles. The number of Topliss-reactive ketones (excluding diaryl/α,β-unsaturated/α-hetero) is 1. The molecule has 1 atom stereocenters. The van der Waals surface area contributed by atoms with Gasteiger partial charge in [0.25, 0.3) is 0 Å². The summed E-state index contributed by atoms with van der Waals surface area (Å²) in [5, 5.41) is 0. The van der Waals surface area contributed by atoms with E-state index >= 15 is 0 Å². The van der Waals surface area contributed by atoms with Gasteiger partial charge in [-0.2, -0.15) is 0 Å². The predicted molar refractivity (Wildman–Crippen MR) is 80.6 cm³/mol. The molecule has 1 aliphatic rings. The van der Waals surface area contributed by atoms with Gasteiger partial charge in [-0.1, -0.05) is 0 Å². The summed E-state index contributed by atoms with van der Waals surface area (Å²) in [7, 11) is -6.45. The summed E-state index contributed by atoms with van der Waals surface area (Å²) in [6.45, 7) is 1.53. The molecule has 6 nitrogen and oxygen atoms in total. The van der Waals surface area contributed by atoms with Crippen LogP contribution < -0.4 is 4.72 Å². The lowest BCUT2D eigenvalue weighted by atomic mass is 9.97. The van der Waals surface area contributed by atoms with Crippen molar-refractivity contribution in [1.82, 2.24) is 0 Å². The zero-order valence-electron chi connectivity index (χ0n) is 11.6. The van der Waals surface area contributed by atoms with Crippen LogP contribution in [0.5, 0.6) is 0 Å². The molecule has 2 rings (SSSR count). The van der Waals surface area contributed by atoms with Gasteiger partial charge in [0.1, 0.15) is 0 Å². The van der Waals surface area contributed by atoms with E-state index in [2.05, 4.69) is 4.72 Å². The van der Waals surface area contributed by atoms with Crippen molar-refractivity contribution in [1.29, 1.82) is 0 Å². The summed E-state index contributed by atoms with van der Waals surface area (Å²) >= 11 is 0. The van der Waals surface area contributed by atoms with Crippen molar-refractivity contribution in [3.8, 4) is 0 Å². The smallest absolute Gasteiger partial charge is 0.232 e. The van der Waals surface area contributed by atoms with Crippen LogP contribution in [-0.2, 0) is 19.9 Å². The first-order valence-corrected chi connectivity index (χ1v) is 10.0.